The molecule has 0 spiro atoms. The quantitative estimate of drug-likeness (QED) is 0.181. The van der Waals surface area contributed by atoms with Crippen molar-refractivity contribution in [2.75, 3.05) is 0 Å². The largest absolute Gasteiger partial charge is 0.422 e. The maximum Gasteiger partial charge on any atom is 0.330 e. The van der Waals surface area contributed by atoms with Crippen molar-refractivity contribution in [3.8, 4) is 11.5 Å². The fraction of sp³-hybridized carbons (Fsp3) is 0.0476. The average molecular weight is 557 g/mol. The smallest absolute Gasteiger partial charge is 0.330 e. The van der Waals surface area contributed by atoms with Gasteiger partial charge in [0.15, 0.2) is 17.4 Å². The molecule has 3 aromatic carbocycles. The van der Waals surface area contributed by atoms with E-state index in [4.69, 9.17) is 79.1 Å². The minimum Gasteiger partial charge on any atom is -0.422 e. The van der Waals surface area contributed by atoms with E-state index in [9.17, 15) is 14.0 Å². The number of hydrogen-bond acceptors (Lipinski definition) is 4. The van der Waals surface area contributed by atoms with Crippen molar-refractivity contribution >= 4 is 81.5 Å². The Morgan fingerprint density at radius 1 is 0.688 bits per heavy atom. The molecule has 0 heterocycles. The highest BCUT2D eigenvalue weighted by Gasteiger charge is 2.36. The Kier molecular flexibility index (Phi) is 8.15. The first-order valence-corrected chi connectivity index (χ1v) is 10.8. The van der Waals surface area contributed by atoms with Gasteiger partial charge in [0.2, 0.25) is 0 Å². The third kappa shape index (κ3) is 5.60. The highest BCUT2D eigenvalue weighted by atomic mass is 35.5. The van der Waals surface area contributed by atoms with Crippen molar-refractivity contribution in [1.29, 1.82) is 0 Å². The summed E-state index contributed by atoms with van der Waals surface area (Å²) >= 11 is 35.9. The average Bonchev–Trinajstić information content (AvgIpc) is 2.69. The molecule has 4 nitrogen and oxygen atoms in total. The van der Waals surface area contributed by atoms with E-state index in [-0.39, 0.29) is 47.2 Å². The maximum atomic E-state index is 14.5. The predicted octanol–water partition coefficient (Wildman–Crippen LogP) is 8.04. The molecule has 0 amide bonds. The van der Waals surface area contributed by atoms with Crippen LogP contribution in [0.15, 0.2) is 48.5 Å². The number of carbonyl (C=O) groups is 2. The normalized spacial score (nSPS) is 10.9. The van der Waals surface area contributed by atoms with Crippen molar-refractivity contribution in [2.24, 2.45) is 0 Å². The Balaban J connectivity index is 2.01. The molecule has 0 fully saturated rings. The van der Waals surface area contributed by atoms with Crippen LogP contribution in [0.1, 0.15) is 11.5 Å². The topological polar surface area (TPSA) is 52.6 Å². The Morgan fingerprint density at radius 3 is 1.44 bits per heavy atom. The van der Waals surface area contributed by atoms with Crippen molar-refractivity contribution in [1.82, 2.24) is 0 Å². The van der Waals surface area contributed by atoms with Gasteiger partial charge in [0.25, 0.3) is 0 Å². The molecule has 11 heteroatoms. The number of halogens is 7. The SMILES string of the molecule is O=C(Oc1c(Cl)cc(Cl)cc1Cl)C(C(=O)Oc1c(Cl)cc(Cl)cc1Cl)c1ccccc1F. The molecule has 0 saturated carbocycles. The van der Waals surface area contributed by atoms with Gasteiger partial charge < -0.3 is 9.47 Å². The maximum absolute atomic E-state index is 14.5. The van der Waals surface area contributed by atoms with E-state index in [1.807, 2.05) is 0 Å². The van der Waals surface area contributed by atoms with Gasteiger partial charge in [-0.25, -0.2) is 4.39 Å². The third-order valence-corrected chi connectivity index (χ3v) is 5.58. The van der Waals surface area contributed by atoms with Crippen molar-refractivity contribution in [2.45, 2.75) is 5.92 Å². The molecule has 0 aliphatic rings. The minimum absolute atomic E-state index is 0.0970. The number of benzene rings is 3. The number of rotatable bonds is 5. The molecule has 0 aliphatic carbocycles. The summed E-state index contributed by atoms with van der Waals surface area (Å²) in [5.41, 5.74) is -0.315. The summed E-state index contributed by atoms with van der Waals surface area (Å²) in [4.78, 5) is 26.0. The van der Waals surface area contributed by atoms with E-state index >= 15 is 0 Å². The van der Waals surface area contributed by atoms with Crippen molar-refractivity contribution in [3.05, 3.63) is 90.0 Å². The lowest BCUT2D eigenvalue weighted by molar-refractivity contribution is -0.147. The zero-order chi connectivity index (χ0) is 23.6. The molecule has 0 atom stereocenters. The van der Waals surface area contributed by atoms with Crippen LogP contribution in [0, 0.1) is 5.82 Å². The van der Waals surface area contributed by atoms with Crippen LogP contribution in [0.3, 0.4) is 0 Å². The zero-order valence-electron chi connectivity index (χ0n) is 15.5. The van der Waals surface area contributed by atoms with Crippen molar-refractivity contribution < 1.29 is 23.5 Å². The highest BCUT2D eigenvalue weighted by molar-refractivity contribution is 6.41. The molecular weight excluding hydrogens is 548 g/mol. The Labute approximate surface area is 211 Å². The lowest BCUT2D eigenvalue weighted by atomic mass is 9.98. The van der Waals surface area contributed by atoms with E-state index in [1.54, 1.807) is 0 Å². The van der Waals surface area contributed by atoms with Crippen LogP contribution in [0.2, 0.25) is 30.1 Å². The summed E-state index contributed by atoms with van der Waals surface area (Å²) in [5.74, 6) is -5.69. The van der Waals surface area contributed by atoms with Gasteiger partial charge in [-0.05, 0) is 30.3 Å². The van der Waals surface area contributed by atoms with Crippen LogP contribution in [0.4, 0.5) is 4.39 Å². The van der Waals surface area contributed by atoms with Crippen LogP contribution in [-0.2, 0) is 9.59 Å². The number of esters is 2. The summed E-state index contributed by atoms with van der Waals surface area (Å²) in [6.07, 6.45) is 0. The van der Waals surface area contributed by atoms with Gasteiger partial charge in [-0.3, -0.25) is 9.59 Å². The minimum atomic E-state index is -1.87. The van der Waals surface area contributed by atoms with Crippen LogP contribution in [-0.4, -0.2) is 11.9 Å². The first-order valence-electron chi connectivity index (χ1n) is 8.55. The standard InChI is InChI=1S/C21H9Cl6FO4/c22-9-5-12(24)18(13(25)6-9)31-20(29)17(11-3-1-2-4-16(11)28)21(30)32-19-14(26)7-10(23)8-15(19)27/h1-8,17H. The van der Waals surface area contributed by atoms with Crippen LogP contribution < -0.4 is 9.47 Å². The van der Waals surface area contributed by atoms with E-state index in [2.05, 4.69) is 0 Å². The molecule has 0 saturated heterocycles. The summed E-state index contributed by atoms with van der Waals surface area (Å²) in [6.45, 7) is 0. The van der Waals surface area contributed by atoms with Gasteiger partial charge in [0.1, 0.15) is 5.82 Å². The van der Waals surface area contributed by atoms with E-state index in [1.165, 1.54) is 42.5 Å². The lowest BCUT2D eigenvalue weighted by Gasteiger charge is -2.18. The van der Waals surface area contributed by atoms with Gasteiger partial charge in [-0.15, -0.1) is 0 Å². The van der Waals surface area contributed by atoms with Crippen LogP contribution in [0.25, 0.3) is 0 Å². The van der Waals surface area contributed by atoms with Gasteiger partial charge in [0.05, 0.1) is 20.1 Å². The lowest BCUT2D eigenvalue weighted by Crippen LogP contribution is -2.30. The molecule has 0 N–H and O–H groups in total. The van der Waals surface area contributed by atoms with Crippen LogP contribution in [0.5, 0.6) is 11.5 Å². The molecule has 32 heavy (non-hydrogen) atoms. The first-order chi connectivity index (χ1) is 15.1. The van der Waals surface area contributed by atoms with Crippen molar-refractivity contribution in [3.63, 3.8) is 0 Å². The predicted molar refractivity (Wildman–Crippen MR) is 123 cm³/mol. The fourth-order valence-corrected chi connectivity index (χ4v) is 4.42. The van der Waals surface area contributed by atoms with Gasteiger partial charge in [-0.2, -0.15) is 0 Å². The first kappa shape index (κ1) is 24.9. The van der Waals surface area contributed by atoms with Gasteiger partial charge >= 0.3 is 11.9 Å². The van der Waals surface area contributed by atoms with Crippen LogP contribution >= 0.6 is 69.6 Å². The van der Waals surface area contributed by atoms with Gasteiger partial charge in [0, 0.05) is 15.6 Å². The zero-order valence-corrected chi connectivity index (χ0v) is 20.0. The second-order valence-electron chi connectivity index (χ2n) is 6.19. The Bertz CT molecular complexity index is 1100. The summed E-state index contributed by atoms with van der Waals surface area (Å²) in [6, 6.07) is 10.2. The molecule has 0 bridgehead atoms. The molecule has 0 radical (unpaired) electrons. The highest BCUT2D eigenvalue weighted by Crippen LogP contribution is 2.39. The molecule has 3 rings (SSSR count). The van der Waals surface area contributed by atoms with E-state index in [0.717, 1.165) is 6.07 Å². The number of ether oxygens (including phenoxy) is 2. The second kappa shape index (κ2) is 10.5. The third-order valence-electron chi connectivity index (χ3n) is 4.02. The monoisotopic (exact) mass is 554 g/mol. The Morgan fingerprint density at radius 2 is 1.06 bits per heavy atom. The molecular formula is C21H9Cl6FO4. The number of carbonyl (C=O) groups excluding carboxylic acids is 2. The second-order valence-corrected chi connectivity index (χ2v) is 8.70. The van der Waals surface area contributed by atoms with E-state index in [0.29, 0.717) is 0 Å². The van der Waals surface area contributed by atoms with Gasteiger partial charge in [-0.1, -0.05) is 87.8 Å². The molecule has 3 aromatic rings. The molecule has 0 aromatic heterocycles. The summed E-state index contributed by atoms with van der Waals surface area (Å²) in [7, 11) is 0. The Hall–Kier alpha value is -1.73. The molecule has 0 unspecified atom stereocenters. The van der Waals surface area contributed by atoms with E-state index < -0.39 is 23.7 Å². The molecule has 166 valence electrons. The number of hydrogen-bond donors (Lipinski definition) is 0. The molecule has 0 aliphatic heterocycles. The summed E-state index contributed by atoms with van der Waals surface area (Å²) in [5, 5.41) is -0.00469. The summed E-state index contributed by atoms with van der Waals surface area (Å²) < 4.78 is 25.0. The fourth-order valence-electron chi connectivity index (χ4n) is 2.63.